The van der Waals surface area contributed by atoms with Crippen LogP contribution >= 0.6 is 11.6 Å². The van der Waals surface area contributed by atoms with E-state index in [0.29, 0.717) is 16.4 Å². The SMILES string of the molecule is C[C@H](CCc1ccccc1)NC(=O)c1cc(-c2ccccc2Cl)n[nH]1. The molecule has 0 radical (unpaired) electrons. The molecule has 0 bridgehead atoms. The van der Waals surface area contributed by atoms with Gasteiger partial charge in [0.05, 0.1) is 10.7 Å². The molecule has 4 nitrogen and oxygen atoms in total. The Labute approximate surface area is 152 Å². The fraction of sp³-hybridized carbons (Fsp3) is 0.200. The molecular weight excluding hydrogens is 334 g/mol. The van der Waals surface area contributed by atoms with Gasteiger partial charge in [0.25, 0.3) is 5.91 Å². The molecule has 0 aliphatic rings. The summed E-state index contributed by atoms with van der Waals surface area (Å²) in [5.74, 6) is -0.161. The third-order valence-corrected chi connectivity index (χ3v) is 4.39. The molecule has 3 aromatic rings. The Balaban J connectivity index is 1.59. The minimum absolute atomic E-state index is 0.0692. The number of amides is 1. The molecule has 25 heavy (non-hydrogen) atoms. The maximum absolute atomic E-state index is 12.4. The third kappa shape index (κ3) is 4.48. The fourth-order valence-corrected chi connectivity index (χ4v) is 2.88. The first-order valence-corrected chi connectivity index (χ1v) is 8.66. The number of carbonyl (C=O) groups excluding carboxylic acids is 1. The molecule has 0 aliphatic heterocycles. The molecule has 3 rings (SSSR count). The number of hydrogen-bond donors (Lipinski definition) is 2. The second kappa shape index (κ2) is 7.99. The van der Waals surface area contributed by atoms with Crippen LogP contribution in [0.25, 0.3) is 11.3 Å². The number of nitrogens with one attached hydrogen (secondary N) is 2. The third-order valence-electron chi connectivity index (χ3n) is 4.06. The zero-order valence-electron chi connectivity index (χ0n) is 14.0. The van der Waals surface area contributed by atoms with Crippen molar-refractivity contribution in [3.05, 3.63) is 76.9 Å². The van der Waals surface area contributed by atoms with E-state index in [1.807, 2.05) is 43.3 Å². The fourth-order valence-electron chi connectivity index (χ4n) is 2.65. The van der Waals surface area contributed by atoms with Gasteiger partial charge in [-0.3, -0.25) is 9.89 Å². The molecule has 1 heterocycles. The van der Waals surface area contributed by atoms with Crippen molar-refractivity contribution in [2.75, 3.05) is 0 Å². The van der Waals surface area contributed by atoms with Crippen molar-refractivity contribution < 1.29 is 4.79 Å². The first-order valence-electron chi connectivity index (χ1n) is 8.28. The van der Waals surface area contributed by atoms with Crippen LogP contribution in [0.15, 0.2) is 60.7 Å². The second-order valence-corrected chi connectivity index (χ2v) is 6.45. The van der Waals surface area contributed by atoms with Gasteiger partial charge in [-0.15, -0.1) is 0 Å². The zero-order chi connectivity index (χ0) is 17.6. The van der Waals surface area contributed by atoms with Crippen molar-refractivity contribution in [1.29, 1.82) is 0 Å². The largest absolute Gasteiger partial charge is 0.348 e. The van der Waals surface area contributed by atoms with Gasteiger partial charge < -0.3 is 5.32 Å². The average molecular weight is 354 g/mol. The molecule has 1 amide bonds. The predicted molar refractivity (Wildman–Crippen MR) is 101 cm³/mol. The highest BCUT2D eigenvalue weighted by Crippen LogP contribution is 2.26. The number of H-pyrrole nitrogens is 1. The first-order chi connectivity index (χ1) is 12.1. The molecule has 0 fully saturated rings. The van der Waals surface area contributed by atoms with Crippen molar-refractivity contribution in [2.24, 2.45) is 0 Å². The summed E-state index contributed by atoms with van der Waals surface area (Å²) in [6.07, 6.45) is 1.80. The van der Waals surface area contributed by atoms with Crippen LogP contribution in [-0.4, -0.2) is 22.1 Å². The zero-order valence-corrected chi connectivity index (χ0v) is 14.8. The van der Waals surface area contributed by atoms with Crippen LogP contribution in [0.4, 0.5) is 0 Å². The molecule has 0 aliphatic carbocycles. The summed E-state index contributed by atoms with van der Waals surface area (Å²) >= 11 is 6.18. The maximum Gasteiger partial charge on any atom is 0.269 e. The number of nitrogens with zero attached hydrogens (tertiary/aromatic N) is 1. The van der Waals surface area contributed by atoms with E-state index in [1.165, 1.54) is 5.56 Å². The van der Waals surface area contributed by atoms with Crippen molar-refractivity contribution in [2.45, 2.75) is 25.8 Å². The molecule has 0 spiro atoms. The van der Waals surface area contributed by atoms with Gasteiger partial charge in [0, 0.05) is 11.6 Å². The van der Waals surface area contributed by atoms with Crippen LogP contribution in [0, 0.1) is 0 Å². The van der Waals surface area contributed by atoms with E-state index in [9.17, 15) is 4.79 Å². The van der Waals surface area contributed by atoms with Crippen LogP contribution in [0.1, 0.15) is 29.4 Å². The monoisotopic (exact) mass is 353 g/mol. The number of hydrogen-bond acceptors (Lipinski definition) is 2. The van der Waals surface area contributed by atoms with Crippen molar-refractivity contribution in [3.63, 3.8) is 0 Å². The summed E-state index contributed by atoms with van der Waals surface area (Å²) in [6.45, 7) is 2.01. The molecular formula is C20H20ClN3O. The van der Waals surface area contributed by atoms with Crippen LogP contribution in [0.5, 0.6) is 0 Å². The first kappa shape index (κ1) is 17.2. The molecule has 5 heteroatoms. The maximum atomic E-state index is 12.4. The van der Waals surface area contributed by atoms with E-state index >= 15 is 0 Å². The Hall–Kier alpha value is -2.59. The Morgan fingerprint density at radius 3 is 2.64 bits per heavy atom. The minimum Gasteiger partial charge on any atom is -0.348 e. The Morgan fingerprint density at radius 2 is 1.88 bits per heavy atom. The van der Waals surface area contributed by atoms with Crippen LogP contribution in [0.3, 0.4) is 0 Å². The van der Waals surface area contributed by atoms with Crippen LogP contribution in [-0.2, 0) is 6.42 Å². The Bertz CT molecular complexity index is 845. The van der Waals surface area contributed by atoms with E-state index in [4.69, 9.17) is 11.6 Å². The number of carbonyl (C=O) groups is 1. The summed E-state index contributed by atoms with van der Waals surface area (Å²) < 4.78 is 0. The standard InChI is InChI=1S/C20H20ClN3O/c1-14(11-12-15-7-3-2-4-8-15)22-20(25)19-13-18(23-24-19)16-9-5-6-10-17(16)21/h2-10,13-14H,11-12H2,1H3,(H,22,25)(H,23,24)/t14-/m1/s1. The molecule has 0 saturated heterocycles. The quantitative estimate of drug-likeness (QED) is 0.686. The van der Waals surface area contributed by atoms with Gasteiger partial charge >= 0.3 is 0 Å². The van der Waals surface area contributed by atoms with E-state index < -0.39 is 0 Å². The lowest BCUT2D eigenvalue weighted by molar-refractivity contribution is 0.0933. The molecule has 0 unspecified atom stereocenters. The van der Waals surface area contributed by atoms with Crippen molar-refractivity contribution >= 4 is 17.5 Å². The van der Waals surface area contributed by atoms with Gasteiger partial charge in [-0.1, -0.05) is 60.1 Å². The van der Waals surface area contributed by atoms with Crippen LogP contribution in [0.2, 0.25) is 5.02 Å². The Morgan fingerprint density at radius 1 is 1.16 bits per heavy atom. The summed E-state index contributed by atoms with van der Waals surface area (Å²) in [7, 11) is 0. The number of rotatable bonds is 6. The predicted octanol–water partition coefficient (Wildman–Crippen LogP) is 4.48. The van der Waals surface area contributed by atoms with E-state index in [2.05, 4.69) is 27.6 Å². The van der Waals surface area contributed by atoms with Gasteiger partial charge in [-0.25, -0.2) is 0 Å². The number of aromatic amines is 1. The lowest BCUT2D eigenvalue weighted by Gasteiger charge is -2.13. The van der Waals surface area contributed by atoms with Gasteiger partial charge in [0.2, 0.25) is 0 Å². The molecule has 2 N–H and O–H groups in total. The second-order valence-electron chi connectivity index (χ2n) is 6.05. The highest BCUT2D eigenvalue weighted by atomic mass is 35.5. The lowest BCUT2D eigenvalue weighted by Crippen LogP contribution is -2.33. The molecule has 1 atom stereocenters. The van der Waals surface area contributed by atoms with Crippen molar-refractivity contribution in [1.82, 2.24) is 15.5 Å². The Kier molecular flexibility index (Phi) is 5.51. The molecule has 1 aromatic heterocycles. The van der Waals surface area contributed by atoms with E-state index in [1.54, 1.807) is 12.1 Å². The minimum atomic E-state index is -0.161. The summed E-state index contributed by atoms with van der Waals surface area (Å²) in [6, 6.07) is 19.5. The topological polar surface area (TPSA) is 57.8 Å². The number of benzene rings is 2. The lowest BCUT2D eigenvalue weighted by atomic mass is 10.1. The van der Waals surface area contributed by atoms with Crippen LogP contribution < -0.4 is 5.32 Å². The summed E-state index contributed by atoms with van der Waals surface area (Å²) in [5.41, 5.74) is 3.16. The molecule has 128 valence electrons. The van der Waals surface area contributed by atoms with Gasteiger partial charge in [-0.05, 0) is 37.5 Å². The number of aryl methyl sites for hydroxylation is 1. The van der Waals surface area contributed by atoms with Gasteiger partial charge in [0.1, 0.15) is 5.69 Å². The van der Waals surface area contributed by atoms with E-state index in [0.717, 1.165) is 18.4 Å². The average Bonchev–Trinajstić information content (AvgIpc) is 3.11. The summed E-state index contributed by atoms with van der Waals surface area (Å²) in [4.78, 5) is 12.4. The van der Waals surface area contributed by atoms with Gasteiger partial charge in [-0.2, -0.15) is 5.10 Å². The number of aromatic nitrogens is 2. The number of halogens is 1. The highest BCUT2D eigenvalue weighted by Gasteiger charge is 2.14. The smallest absolute Gasteiger partial charge is 0.269 e. The highest BCUT2D eigenvalue weighted by molar-refractivity contribution is 6.33. The molecule has 0 saturated carbocycles. The molecule has 2 aromatic carbocycles. The van der Waals surface area contributed by atoms with Gasteiger partial charge in [0.15, 0.2) is 0 Å². The van der Waals surface area contributed by atoms with E-state index in [-0.39, 0.29) is 11.9 Å². The summed E-state index contributed by atoms with van der Waals surface area (Å²) in [5, 5.41) is 10.6. The van der Waals surface area contributed by atoms with Crippen molar-refractivity contribution in [3.8, 4) is 11.3 Å². The normalized spacial score (nSPS) is 11.9.